The molecule has 0 amide bonds. The van der Waals surface area contributed by atoms with Gasteiger partial charge in [-0.15, -0.1) is 0 Å². The van der Waals surface area contributed by atoms with Gasteiger partial charge in [-0.3, -0.25) is 0 Å². The lowest BCUT2D eigenvalue weighted by molar-refractivity contribution is 0.136. The molecule has 0 heterocycles. The molecule has 0 aliphatic heterocycles. The molecule has 3 nitrogen and oxygen atoms in total. The Morgan fingerprint density at radius 2 is 2.00 bits per heavy atom. The summed E-state index contributed by atoms with van der Waals surface area (Å²) in [6.07, 6.45) is 0.773. The van der Waals surface area contributed by atoms with Crippen LogP contribution in [0.25, 0.3) is 0 Å². The highest BCUT2D eigenvalue weighted by Gasteiger charge is 2.23. The van der Waals surface area contributed by atoms with Crippen molar-refractivity contribution in [3.8, 4) is 5.75 Å². The third kappa shape index (κ3) is 5.21. The SMILES string of the molecule is Cc1ccc(OCCC(C)(CO)NC(C)C)c(C)c1. The number of aliphatic hydroxyl groups is 1. The highest BCUT2D eigenvalue weighted by Crippen LogP contribution is 2.20. The monoisotopic (exact) mass is 265 g/mol. The van der Waals surface area contributed by atoms with Crippen LogP contribution in [0.2, 0.25) is 0 Å². The van der Waals surface area contributed by atoms with Crippen molar-refractivity contribution in [2.75, 3.05) is 13.2 Å². The second-order valence-electron chi connectivity index (χ2n) is 5.89. The van der Waals surface area contributed by atoms with Crippen LogP contribution in [-0.4, -0.2) is 29.9 Å². The molecule has 1 rings (SSSR count). The number of benzene rings is 1. The van der Waals surface area contributed by atoms with Crippen LogP contribution in [0, 0.1) is 13.8 Å². The van der Waals surface area contributed by atoms with Crippen molar-refractivity contribution in [3.63, 3.8) is 0 Å². The van der Waals surface area contributed by atoms with Crippen molar-refractivity contribution in [1.29, 1.82) is 0 Å². The van der Waals surface area contributed by atoms with E-state index >= 15 is 0 Å². The Bertz CT molecular complexity index is 404. The van der Waals surface area contributed by atoms with Crippen molar-refractivity contribution in [3.05, 3.63) is 29.3 Å². The molecule has 0 aromatic heterocycles. The lowest BCUT2D eigenvalue weighted by atomic mass is 9.98. The zero-order valence-corrected chi connectivity index (χ0v) is 12.8. The summed E-state index contributed by atoms with van der Waals surface area (Å²) < 4.78 is 5.82. The molecule has 3 heteroatoms. The average molecular weight is 265 g/mol. The van der Waals surface area contributed by atoms with Crippen molar-refractivity contribution in [2.45, 2.75) is 52.6 Å². The minimum atomic E-state index is -0.285. The first-order valence-corrected chi connectivity index (χ1v) is 6.95. The van der Waals surface area contributed by atoms with Crippen LogP contribution in [0.15, 0.2) is 18.2 Å². The lowest BCUT2D eigenvalue weighted by Crippen LogP contribution is -2.50. The van der Waals surface area contributed by atoms with E-state index in [0.29, 0.717) is 12.6 Å². The Labute approximate surface area is 117 Å². The summed E-state index contributed by atoms with van der Waals surface area (Å²) in [5.74, 6) is 0.926. The third-order valence-corrected chi connectivity index (χ3v) is 3.23. The van der Waals surface area contributed by atoms with Crippen LogP contribution in [0.5, 0.6) is 5.75 Å². The van der Waals surface area contributed by atoms with E-state index in [1.807, 2.05) is 13.0 Å². The molecule has 0 aliphatic rings. The molecule has 1 atom stereocenters. The molecule has 1 aromatic carbocycles. The van der Waals surface area contributed by atoms with Crippen LogP contribution in [0.1, 0.15) is 38.3 Å². The predicted octanol–water partition coefficient (Wildman–Crippen LogP) is 2.82. The van der Waals surface area contributed by atoms with Gasteiger partial charge in [-0.05, 0) is 32.4 Å². The van der Waals surface area contributed by atoms with Gasteiger partial charge in [0.05, 0.1) is 13.2 Å². The second-order valence-corrected chi connectivity index (χ2v) is 5.89. The summed E-state index contributed by atoms with van der Waals surface area (Å²) in [5.41, 5.74) is 2.11. The molecule has 19 heavy (non-hydrogen) atoms. The molecule has 1 unspecified atom stereocenters. The first-order chi connectivity index (χ1) is 8.86. The first kappa shape index (κ1) is 16.0. The first-order valence-electron chi connectivity index (χ1n) is 6.95. The number of rotatable bonds is 7. The molecule has 0 bridgehead atoms. The van der Waals surface area contributed by atoms with Gasteiger partial charge < -0.3 is 15.2 Å². The lowest BCUT2D eigenvalue weighted by Gasteiger charge is -2.31. The molecule has 0 saturated carbocycles. The zero-order valence-electron chi connectivity index (χ0n) is 12.8. The Kier molecular flexibility index (Phi) is 5.83. The number of hydrogen-bond donors (Lipinski definition) is 2. The highest BCUT2D eigenvalue weighted by molar-refractivity contribution is 5.35. The average Bonchev–Trinajstić information content (AvgIpc) is 2.31. The molecule has 0 fully saturated rings. The molecule has 108 valence electrons. The van der Waals surface area contributed by atoms with Gasteiger partial charge in [0, 0.05) is 18.0 Å². The topological polar surface area (TPSA) is 41.5 Å². The summed E-state index contributed by atoms with van der Waals surface area (Å²) in [7, 11) is 0. The molecule has 0 saturated heterocycles. The zero-order chi connectivity index (χ0) is 14.5. The van der Waals surface area contributed by atoms with E-state index in [9.17, 15) is 5.11 Å². The van der Waals surface area contributed by atoms with Gasteiger partial charge in [0.2, 0.25) is 0 Å². The number of aryl methyl sites for hydroxylation is 2. The van der Waals surface area contributed by atoms with Crippen molar-refractivity contribution in [2.24, 2.45) is 0 Å². The summed E-state index contributed by atoms with van der Waals surface area (Å²) in [5, 5.41) is 12.9. The van der Waals surface area contributed by atoms with Gasteiger partial charge in [0.25, 0.3) is 0 Å². The Morgan fingerprint density at radius 1 is 1.32 bits per heavy atom. The largest absolute Gasteiger partial charge is 0.493 e. The summed E-state index contributed by atoms with van der Waals surface area (Å²) in [4.78, 5) is 0. The minimum Gasteiger partial charge on any atom is -0.493 e. The van der Waals surface area contributed by atoms with E-state index in [1.165, 1.54) is 5.56 Å². The minimum absolute atomic E-state index is 0.113. The van der Waals surface area contributed by atoms with Crippen molar-refractivity contribution in [1.82, 2.24) is 5.32 Å². The van der Waals surface area contributed by atoms with Gasteiger partial charge in [0.15, 0.2) is 0 Å². The fourth-order valence-corrected chi connectivity index (χ4v) is 2.24. The fraction of sp³-hybridized carbons (Fsp3) is 0.625. The van der Waals surface area contributed by atoms with Gasteiger partial charge in [-0.2, -0.15) is 0 Å². The van der Waals surface area contributed by atoms with E-state index in [4.69, 9.17) is 4.74 Å². The second kappa shape index (κ2) is 6.92. The summed E-state index contributed by atoms with van der Waals surface area (Å²) in [6, 6.07) is 6.53. The molecule has 1 aromatic rings. The normalized spacial score (nSPS) is 14.5. The predicted molar refractivity (Wildman–Crippen MR) is 79.8 cm³/mol. The maximum Gasteiger partial charge on any atom is 0.122 e. The molecular weight excluding hydrogens is 238 g/mol. The maximum absolute atomic E-state index is 9.50. The molecule has 2 N–H and O–H groups in total. The van der Waals surface area contributed by atoms with Gasteiger partial charge in [0.1, 0.15) is 5.75 Å². The van der Waals surface area contributed by atoms with Crippen LogP contribution >= 0.6 is 0 Å². The maximum atomic E-state index is 9.50. The van der Waals surface area contributed by atoms with Crippen LogP contribution in [0.3, 0.4) is 0 Å². The smallest absolute Gasteiger partial charge is 0.122 e. The van der Waals surface area contributed by atoms with Gasteiger partial charge in [-0.1, -0.05) is 31.5 Å². The van der Waals surface area contributed by atoms with Crippen LogP contribution < -0.4 is 10.1 Å². The number of ether oxygens (including phenoxy) is 1. The van der Waals surface area contributed by atoms with Crippen LogP contribution in [-0.2, 0) is 0 Å². The highest BCUT2D eigenvalue weighted by atomic mass is 16.5. The Hall–Kier alpha value is -1.06. The fourth-order valence-electron chi connectivity index (χ4n) is 2.24. The van der Waals surface area contributed by atoms with Crippen LogP contribution in [0.4, 0.5) is 0 Å². The molecule has 0 spiro atoms. The van der Waals surface area contributed by atoms with Crippen molar-refractivity contribution >= 4 is 0 Å². The third-order valence-electron chi connectivity index (χ3n) is 3.23. The number of hydrogen-bond acceptors (Lipinski definition) is 3. The quantitative estimate of drug-likeness (QED) is 0.796. The van der Waals surface area contributed by atoms with Gasteiger partial charge in [-0.25, -0.2) is 0 Å². The molecular formula is C16H27NO2. The van der Waals surface area contributed by atoms with Crippen molar-refractivity contribution < 1.29 is 9.84 Å². The van der Waals surface area contributed by atoms with E-state index in [1.54, 1.807) is 0 Å². The van der Waals surface area contributed by atoms with E-state index in [2.05, 4.69) is 45.1 Å². The van der Waals surface area contributed by atoms with E-state index in [-0.39, 0.29) is 12.1 Å². The Morgan fingerprint density at radius 3 is 2.53 bits per heavy atom. The molecule has 0 radical (unpaired) electrons. The number of aliphatic hydroxyl groups excluding tert-OH is 1. The molecule has 0 aliphatic carbocycles. The summed E-state index contributed by atoms with van der Waals surface area (Å²) >= 11 is 0. The number of nitrogens with one attached hydrogen (secondary N) is 1. The standard InChI is InChI=1S/C16H27NO2/c1-12(2)17-16(5,11-18)8-9-19-15-7-6-13(3)10-14(15)4/h6-7,10,12,17-18H,8-9,11H2,1-5H3. The Balaban J connectivity index is 2.52. The van der Waals surface area contributed by atoms with Gasteiger partial charge >= 0.3 is 0 Å². The van der Waals surface area contributed by atoms with E-state index in [0.717, 1.165) is 17.7 Å². The van der Waals surface area contributed by atoms with E-state index < -0.39 is 0 Å². The summed E-state index contributed by atoms with van der Waals surface area (Å²) in [6.45, 7) is 11.0.